The van der Waals surface area contributed by atoms with E-state index in [1.165, 1.54) is 11.3 Å². The van der Waals surface area contributed by atoms with Crippen LogP contribution in [0.3, 0.4) is 0 Å². The van der Waals surface area contributed by atoms with E-state index in [0.29, 0.717) is 10.6 Å². The number of nitrogens with two attached hydrogens (primary N) is 1. The van der Waals surface area contributed by atoms with Crippen LogP contribution in [0.5, 0.6) is 0 Å². The molecule has 0 bridgehead atoms. The monoisotopic (exact) mass is 294 g/mol. The number of fused-ring (bicyclic) bond motifs is 1. The second kappa shape index (κ2) is 5.44. The van der Waals surface area contributed by atoms with E-state index in [0.717, 1.165) is 28.8 Å². The van der Waals surface area contributed by atoms with Crippen molar-refractivity contribution in [2.75, 3.05) is 12.8 Å². The molecular weight excluding hydrogens is 272 g/mol. The van der Waals surface area contributed by atoms with Crippen LogP contribution in [-0.2, 0) is 7.05 Å². The first kappa shape index (κ1) is 14.8. The quantitative estimate of drug-likeness (QED) is 0.943. The Morgan fingerprint density at radius 1 is 1.45 bits per heavy atom. The zero-order valence-electron chi connectivity index (χ0n) is 12.7. The number of hydrogen-bond acceptors (Lipinski definition) is 4. The molecule has 0 fully saturated rings. The van der Waals surface area contributed by atoms with E-state index in [1.807, 2.05) is 25.9 Å². The number of nitrogen functional groups attached to an aromatic ring is 1. The van der Waals surface area contributed by atoms with Crippen molar-refractivity contribution in [3.8, 4) is 0 Å². The third-order valence-corrected chi connectivity index (χ3v) is 5.15. The number of carbonyl (C=O) groups is 1. The molecule has 1 amide bonds. The average Bonchev–Trinajstić information content (AvgIpc) is 2.89. The molecule has 20 heavy (non-hydrogen) atoms. The Labute approximate surface area is 123 Å². The Bertz CT molecular complexity index is 639. The fraction of sp³-hybridized carbons (Fsp3) is 0.571. The summed E-state index contributed by atoms with van der Waals surface area (Å²) in [6.45, 7) is 6.12. The number of nitrogens with zero attached hydrogens (tertiary/aromatic N) is 3. The number of carbonyl (C=O) groups excluding carboxylic acids is 1. The van der Waals surface area contributed by atoms with Crippen molar-refractivity contribution < 1.29 is 4.79 Å². The second-order valence-corrected chi connectivity index (χ2v) is 6.12. The zero-order valence-corrected chi connectivity index (χ0v) is 13.5. The van der Waals surface area contributed by atoms with Crippen LogP contribution < -0.4 is 5.73 Å². The van der Waals surface area contributed by atoms with Gasteiger partial charge < -0.3 is 10.6 Å². The molecule has 2 rings (SSSR count). The van der Waals surface area contributed by atoms with Gasteiger partial charge in [0.05, 0.1) is 16.8 Å². The topological polar surface area (TPSA) is 64.2 Å². The Morgan fingerprint density at radius 2 is 2.05 bits per heavy atom. The van der Waals surface area contributed by atoms with Crippen LogP contribution in [0.15, 0.2) is 0 Å². The standard InChI is InChI=1S/C14H22N4OS/c1-6-9(7-2)17(4)13(19)12-11(15)10-8(3)16-18(5)14(10)20-12/h9H,6-7,15H2,1-5H3. The third kappa shape index (κ3) is 2.18. The lowest BCUT2D eigenvalue weighted by atomic mass is 10.1. The number of hydrogen-bond donors (Lipinski definition) is 1. The summed E-state index contributed by atoms with van der Waals surface area (Å²) in [6, 6.07) is 0.256. The van der Waals surface area contributed by atoms with E-state index in [4.69, 9.17) is 5.73 Å². The molecule has 0 radical (unpaired) electrons. The summed E-state index contributed by atoms with van der Waals surface area (Å²) in [7, 11) is 3.74. The first-order valence-electron chi connectivity index (χ1n) is 6.91. The molecule has 2 N–H and O–H groups in total. The first-order valence-corrected chi connectivity index (χ1v) is 7.72. The molecule has 0 atom stereocenters. The molecule has 0 aliphatic rings. The van der Waals surface area contributed by atoms with Crippen molar-refractivity contribution in [1.29, 1.82) is 0 Å². The van der Waals surface area contributed by atoms with Crippen LogP contribution in [0.4, 0.5) is 5.69 Å². The van der Waals surface area contributed by atoms with Gasteiger partial charge in [-0.05, 0) is 19.8 Å². The molecule has 0 saturated carbocycles. The maximum absolute atomic E-state index is 12.6. The van der Waals surface area contributed by atoms with Crippen LogP contribution in [0.1, 0.15) is 42.1 Å². The number of aryl methyl sites for hydroxylation is 2. The predicted octanol–water partition coefficient (Wildman–Crippen LogP) is 2.79. The van der Waals surface area contributed by atoms with Crippen LogP contribution in [0.2, 0.25) is 0 Å². The van der Waals surface area contributed by atoms with E-state index < -0.39 is 0 Å². The molecule has 0 aliphatic heterocycles. The summed E-state index contributed by atoms with van der Waals surface area (Å²) >= 11 is 1.43. The lowest BCUT2D eigenvalue weighted by Gasteiger charge is -2.26. The van der Waals surface area contributed by atoms with Gasteiger partial charge in [-0.1, -0.05) is 13.8 Å². The van der Waals surface area contributed by atoms with Crippen LogP contribution in [0, 0.1) is 6.92 Å². The summed E-state index contributed by atoms with van der Waals surface area (Å²) in [5.74, 6) is 0.0109. The van der Waals surface area contributed by atoms with E-state index >= 15 is 0 Å². The Morgan fingerprint density at radius 3 is 2.55 bits per heavy atom. The molecule has 0 spiro atoms. The SMILES string of the molecule is CCC(CC)N(C)C(=O)c1sc2c(c(C)nn2C)c1N. The fourth-order valence-electron chi connectivity index (χ4n) is 2.65. The van der Waals surface area contributed by atoms with Crippen molar-refractivity contribution in [1.82, 2.24) is 14.7 Å². The molecule has 2 aromatic heterocycles. The maximum Gasteiger partial charge on any atom is 0.266 e. The van der Waals surface area contributed by atoms with Crippen molar-refractivity contribution in [3.63, 3.8) is 0 Å². The highest BCUT2D eigenvalue weighted by Gasteiger charge is 2.25. The highest BCUT2D eigenvalue weighted by atomic mass is 32.1. The van der Waals surface area contributed by atoms with Crippen LogP contribution >= 0.6 is 11.3 Å². The molecule has 5 nitrogen and oxygen atoms in total. The number of thiophene rings is 1. The second-order valence-electron chi connectivity index (χ2n) is 5.12. The lowest BCUT2D eigenvalue weighted by molar-refractivity contribution is 0.0729. The summed E-state index contributed by atoms with van der Waals surface area (Å²) < 4.78 is 1.79. The van der Waals surface area contributed by atoms with Gasteiger partial charge >= 0.3 is 0 Å². The predicted molar refractivity (Wildman–Crippen MR) is 84.2 cm³/mol. The minimum atomic E-state index is 0.0109. The van der Waals surface area contributed by atoms with Gasteiger partial charge in [0.2, 0.25) is 0 Å². The maximum atomic E-state index is 12.6. The average molecular weight is 294 g/mol. The lowest BCUT2D eigenvalue weighted by Crippen LogP contribution is -2.36. The third-order valence-electron chi connectivity index (χ3n) is 3.89. The smallest absolute Gasteiger partial charge is 0.266 e. The summed E-state index contributed by atoms with van der Waals surface area (Å²) in [4.78, 5) is 16.0. The fourth-order valence-corrected chi connectivity index (χ4v) is 3.82. The van der Waals surface area contributed by atoms with Gasteiger partial charge in [-0.15, -0.1) is 11.3 Å². The van der Waals surface area contributed by atoms with Crippen molar-refractivity contribution in [2.45, 2.75) is 39.7 Å². The van der Waals surface area contributed by atoms with Crippen molar-refractivity contribution >= 4 is 33.1 Å². The summed E-state index contributed by atoms with van der Waals surface area (Å²) in [5, 5.41) is 5.26. The molecule has 6 heteroatoms. The number of amides is 1. The van der Waals surface area contributed by atoms with Gasteiger partial charge in [0.25, 0.3) is 5.91 Å². The molecule has 2 heterocycles. The Kier molecular flexibility index (Phi) is 4.04. The molecule has 0 saturated heterocycles. The van der Waals surface area contributed by atoms with E-state index in [1.54, 1.807) is 4.68 Å². The van der Waals surface area contributed by atoms with Gasteiger partial charge in [0, 0.05) is 20.1 Å². The largest absolute Gasteiger partial charge is 0.397 e. The van der Waals surface area contributed by atoms with Crippen molar-refractivity contribution in [3.05, 3.63) is 10.6 Å². The molecule has 0 aromatic carbocycles. The molecule has 0 unspecified atom stereocenters. The van der Waals surface area contributed by atoms with Crippen LogP contribution in [-0.4, -0.2) is 33.7 Å². The highest BCUT2D eigenvalue weighted by molar-refractivity contribution is 7.21. The summed E-state index contributed by atoms with van der Waals surface area (Å²) in [6.07, 6.45) is 1.90. The van der Waals surface area contributed by atoms with Gasteiger partial charge in [0.15, 0.2) is 0 Å². The summed E-state index contributed by atoms with van der Waals surface area (Å²) in [5.41, 5.74) is 7.63. The number of aromatic nitrogens is 2. The minimum Gasteiger partial charge on any atom is -0.397 e. The number of anilines is 1. The minimum absolute atomic E-state index is 0.0109. The molecular formula is C14H22N4OS. The first-order chi connectivity index (χ1) is 9.42. The molecule has 110 valence electrons. The molecule has 0 aliphatic carbocycles. The van der Waals surface area contributed by atoms with Gasteiger partial charge in [-0.3, -0.25) is 9.48 Å². The molecule has 2 aromatic rings. The van der Waals surface area contributed by atoms with Gasteiger partial charge in [-0.25, -0.2) is 0 Å². The van der Waals surface area contributed by atoms with E-state index in [9.17, 15) is 4.79 Å². The number of rotatable bonds is 4. The normalized spacial score (nSPS) is 11.5. The Hall–Kier alpha value is -1.56. The van der Waals surface area contributed by atoms with Crippen LogP contribution in [0.25, 0.3) is 10.2 Å². The Balaban J connectivity index is 2.45. The van der Waals surface area contributed by atoms with Gasteiger partial charge in [0.1, 0.15) is 9.71 Å². The van der Waals surface area contributed by atoms with E-state index in [2.05, 4.69) is 18.9 Å². The highest BCUT2D eigenvalue weighted by Crippen LogP contribution is 2.36. The van der Waals surface area contributed by atoms with E-state index in [-0.39, 0.29) is 11.9 Å². The van der Waals surface area contributed by atoms with Crippen molar-refractivity contribution in [2.24, 2.45) is 7.05 Å². The van der Waals surface area contributed by atoms with Gasteiger partial charge in [-0.2, -0.15) is 5.10 Å². The zero-order chi connectivity index (χ0) is 15.0.